The fraction of sp³-hybridized carbons (Fsp3) is 0.500. The van der Waals surface area contributed by atoms with Crippen LogP contribution in [0.2, 0.25) is 0 Å². The molecular weight excluding hydrogens is 292 g/mol. The predicted molar refractivity (Wildman–Crippen MR) is 82.8 cm³/mol. The van der Waals surface area contributed by atoms with Crippen molar-refractivity contribution in [2.45, 2.75) is 33.8 Å². The average Bonchev–Trinajstić information content (AvgIpc) is 2.50. The van der Waals surface area contributed by atoms with Crippen molar-refractivity contribution in [1.29, 1.82) is 0 Å². The summed E-state index contributed by atoms with van der Waals surface area (Å²) < 4.78 is 23.0. The third-order valence-corrected chi connectivity index (χ3v) is 3.39. The van der Waals surface area contributed by atoms with Crippen LogP contribution in [0.25, 0.3) is 0 Å². The average molecular weight is 316 g/mol. The van der Waals surface area contributed by atoms with Crippen LogP contribution in [0.5, 0.6) is 0 Å². The van der Waals surface area contributed by atoms with Crippen LogP contribution >= 0.6 is 0 Å². The normalized spacial score (nSPS) is 10.4. The Hall–Kier alpha value is -1.44. The van der Waals surface area contributed by atoms with Gasteiger partial charge in [-0.2, -0.15) is 0 Å². The first-order valence-corrected chi connectivity index (χ1v) is 8.60. The van der Waals surface area contributed by atoms with Crippen LogP contribution in [-0.2, 0) is 26.3 Å². The Kier molecular flexibility index (Phi) is 10.5. The van der Waals surface area contributed by atoms with E-state index in [0.717, 1.165) is 5.56 Å². The zero-order valence-corrected chi connectivity index (χ0v) is 13.6. The van der Waals surface area contributed by atoms with Crippen molar-refractivity contribution in [3.63, 3.8) is 0 Å². The topological polar surface area (TPSA) is 84.5 Å². The molecule has 2 N–H and O–H groups in total. The number of benzene rings is 1. The van der Waals surface area contributed by atoms with Gasteiger partial charge in [0.1, 0.15) is 0 Å². The Bertz CT molecular complexity index is 489. The Balaban J connectivity index is 0.00000191. The molecule has 0 bridgehead atoms. The van der Waals surface area contributed by atoms with Gasteiger partial charge in [0, 0.05) is 13.0 Å². The van der Waals surface area contributed by atoms with Crippen molar-refractivity contribution in [1.82, 2.24) is 10.2 Å². The first-order valence-electron chi connectivity index (χ1n) is 6.95. The zero-order chi connectivity index (χ0) is 16.1. The molecule has 1 amide bonds. The molecule has 0 fully saturated rings. The maximum Gasteiger partial charge on any atom is 0.235 e. The molecule has 6 nitrogen and oxygen atoms in total. The summed E-state index contributed by atoms with van der Waals surface area (Å²) in [5.41, 5.74) is 0.865. The minimum Gasteiger partial charge on any atom is -0.355 e. The van der Waals surface area contributed by atoms with Gasteiger partial charge < -0.3 is 5.32 Å². The van der Waals surface area contributed by atoms with Crippen LogP contribution in [0, 0.1) is 0 Å². The zero-order valence-electron chi connectivity index (χ0n) is 12.8. The summed E-state index contributed by atoms with van der Waals surface area (Å²) in [6.45, 7) is 5.92. The summed E-state index contributed by atoms with van der Waals surface area (Å²) in [6, 6.07) is 9.20. The van der Waals surface area contributed by atoms with Crippen molar-refractivity contribution in [3.8, 4) is 0 Å². The first-order chi connectivity index (χ1) is 10.0. The molecule has 0 aliphatic carbocycles. The molecule has 0 spiro atoms. The van der Waals surface area contributed by atoms with E-state index in [1.807, 2.05) is 49.1 Å². The van der Waals surface area contributed by atoms with E-state index < -0.39 is 10.0 Å². The minimum atomic E-state index is -3.54. The SMILES string of the molecule is CC.CCC(=O)NCCS(=O)(=O)NOCc1ccccc1. The van der Waals surface area contributed by atoms with Crippen LogP contribution in [0.1, 0.15) is 32.8 Å². The van der Waals surface area contributed by atoms with Crippen molar-refractivity contribution in [3.05, 3.63) is 35.9 Å². The molecule has 0 aliphatic heterocycles. The minimum absolute atomic E-state index is 0.0662. The van der Waals surface area contributed by atoms with Gasteiger partial charge in [0.2, 0.25) is 15.9 Å². The molecule has 0 unspecified atom stereocenters. The molecule has 0 heterocycles. The maximum absolute atomic E-state index is 11.5. The van der Waals surface area contributed by atoms with Gasteiger partial charge in [-0.25, -0.2) is 8.42 Å². The largest absolute Gasteiger partial charge is 0.355 e. The van der Waals surface area contributed by atoms with Gasteiger partial charge in [-0.15, -0.1) is 0 Å². The lowest BCUT2D eigenvalue weighted by Crippen LogP contribution is -2.34. The number of carbonyl (C=O) groups is 1. The number of carbonyl (C=O) groups excluding carboxylic acids is 1. The smallest absolute Gasteiger partial charge is 0.235 e. The van der Waals surface area contributed by atoms with Gasteiger partial charge in [0.05, 0.1) is 12.4 Å². The van der Waals surface area contributed by atoms with Crippen LogP contribution < -0.4 is 10.2 Å². The second-order valence-electron chi connectivity index (χ2n) is 3.88. The molecule has 0 saturated carbocycles. The number of hydrogen-bond acceptors (Lipinski definition) is 4. The van der Waals surface area contributed by atoms with Crippen LogP contribution in [0.4, 0.5) is 0 Å². The van der Waals surface area contributed by atoms with Gasteiger partial charge in [-0.3, -0.25) is 9.63 Å². The van der Waals surface area contributed by atoms with E-state index in [1.165, 1.54) is 0 Å². The number of rotatable bonds is 8. The van der Waals surface area contributed by atoms with Crippen molar-refractivity contribution in [2.24, 2.45) is 0 Å². The fourth-order valence-corrected chi connectivity index (χ4v) is 1.96. The summed E-state index contributed by atoms with van der Waals surface area (Å²) >= 11 is 0. The summed E-state index contributed by atoms with van der Waals surface area (Å²) in [5, 5.41) is 2.48. The van der Waals surface area contributed by atoms with Gasteiger partial charge in [0.25, 0.3) is 0 Å². The van der Waals surface area contributed by atoms with E-state index in [2.05, 4.69) is 5.32 Å². The lowest BCUT2D eigenvalue weighted by atomic mass is 10.2. The Labute approximate surface area is 126 Å². The van der Waals surface area contributed by atoms with Crippen molar-refractivity contribution < 1.29 is 18.0 Å². The third kappa shape index (κ3) is 10.0. The highest BCUT2D eigenvalue weighted by atomic mass is 32.2. The molecule has 1 aromatic rings. The summed E-state index contributed by atoms with van der Waals surface area (Å²) in [4.78, 5) is 17.9. The number of amides is 1. The molecule has 1 rings (SSSR count). The maximum atomic E-state index is 11.5. The van der Waals surface area contributed by atoms with Gasteiger partial charge in [-0.05, 0) is 5.56 Å². The molecule has 0 radical (unpaired) electrons. The van der Waals surface area contributed by atoms with Crippen LogP contribution in [0.15, 0.2) is 30.3 Å². The fourth-order valence-electron chi connectivity index (χ4n) is 1.27. The lowest BCUT2D eigenvalue weighted by Gasteiger charge is -2.07. The standard InChI is InChI=1S/C12H18N2O4S.C2H6/c1-2-12(15)13-8-9-19(16,17)14-18-10-11-6-4-3-5-7-11;1-2/h3-7,14H,2,8-10H2,1H3,(H,13,15);1-2H3. The number of nitrogens with one attached hydrogen (secondary N) is 2. The van der Waals surface area contributed by atoms with E-state index >= 15 is 0 Å². The molecular formula is C14H24N2O4S. The molecule has 7 heteroatoms. The number of sulfonamides is 1. The third-order valence-electron chi connectivity index (χ3n) is 2.28. The van der Waals surface area contributed by atoms with Crippen molar-refractivity contribution in [2.75, 3.05) is 12.3 Å². The highest BCUT2D eigenvalue weighted by Gasteiger charge is 2.10. The van der Waals surface area contributed by atoms with Gasteiger partial charge in [0.15, 0.2) is 0 Å². The first kappa shape index (κ1) is 19.6. The summed E-state index contributed by atoms with van der Waals surface area (Å²) in [6.07, 6.45) is 0.331. The highest BCUT2D eigenvalue weighted by molar-refractivity contribution is 7.89. The molecule has 21 heavy (non-hydrogen) atoms. The molecule has 120 valence electrons. The molecule has 0 saturated heterocycles. The predicted octanol–water partition coefficient (Wildman–Crippen LogP) is 1.59. The Morgan fingerprint density at radius 2 is 1.81 bits per heavy atom. The van der Waals surface area contributed by atoms with E-state index in [1.54, 1.807) is 6.92 Å². The molecule has 0 aliphatic rings. The lowest BCUT2D eigenvalue weighted by molar-refractivity contribution is -0.120. The second-order valence-corrected chi connectivity index (χ2v) is 5.68. The molecule has 1 aromatic carbocycles. The van der Waals surface area contributed by atoms with E-state index in [0.29, 0.717) is 6.42 Å². The van der Waals surface area contributed by atoms with E-state index in [9.17, 15) is 13.2 Å². The van der Waals surface area contributed by atoms with Crippen LogP contribution in [-0.4, -0.2) is 26.6 Å². The quantitative estimate of drug-likeness (QED) is 0.713. The number of hydrogen-bond donors (Lipinski definition) is 2. The monoisotopic (exact) mass is 316 g/mol. The van der Waals surface area contributed by atoms with E-state index in [4.69, 9.17) is 4.84 Å². The molecule has 0 aromatic heterocycles. The second kappa shape index (κ2) is 11.2. The van der Waals surface area contributed by atoms with Gasteiger partial charge in [-0.1, -0.05) is 56.0 Å². The summed E-state index contributed by atoms with van der Waals surface area (Å²) in [7, 11) is -3.54. The van der Waals surface area contributed by atoms with Crippen LogP contribution in [0.3, 0.4) is 0 Å². The molecule has 0 atom stereocenters. The van der Waals surface area contributed by atoms with Gasteiger partial charge >= 0.3 is 0 Å². The van der Waals surface area contributed by atoms with Crippen molar-refractivity contribution >= 4 is 15.9 Å². The Morgan fingerprint density at radius 3 is 2.38 bits per heavy atom. The summed E-state index contributed by atoms with van der Waals surface area (Å²) in [5.74, 6) is -0.395. The highest BCUT2D eigenvalue weighted by Crippen LogP contribution is 1.99. The Morgan fingerprint density at radius 1 is 1.19 bits per heavy atom. The van der Waals surface area contributed by atoms with E-state index in [-0.39, 0.29) is 24.8 Å².